The van der Waals surface area contributed by atoms with Crippen LogP contribution in [0.4, 0.5) is 5.69 Å². The van der Waals surface area contributed by atoms with Crippen molar-refractivity contribution in [3.05, 3.63) is 41.6 Å². The summed E-state index contributed by atoms with van der Waals surface area (Å²) in [5.41, 5.74) is 5.08. The third-order valence-corrected chi connectivity index (χ3v) is 4.00. The first-order valence-corrected chi connectivity index (χ1v) is 7.89. The molecule has 0 amide bonds. The second kappa shape index (κ2) is 5.37. The van der Waals surface area contributed by atoms with Crippen molar-refractivity contribution >= 4 is 11.3 Å². The van der Waals surface area contributed by atoms with Crippen molar-refractivity contribution in [2.24, 2.45) is 0 Å². The van der Waals surface area contributed by atoms with Crippen molar-refractivity contribution < 1.29 is 0 Å². The third kappa shape index (κ3) is 2.93. The average molecular weight is 312 g/mol. The normalized spacial score (nSPS) is 13.5. The highest BCUT2D eigenvalue weighted by atomic mass is 15.3. The van der Waals surface area contributed by atoms with Crippen LogP contribution in [0.15, 0.2) is 24.7 Å². The molecule has 3 rings (SSSR count). The minimum absolute atomic E-state index is 0.0217. The fraction of sp³-hybridized carbons (Fsp3) is 0.471. The molecule has 0 aliphatic carbocycles. The third-order valence-electron chi connectivity index (χ3n) is 4.00. The topological polar surface area (TPSA) is 60.0 Å². The number of aromatic nitrogens is 5. The van der Waals surface area contributed by atoms with E-state index < -0.39 is 0 Å². The number of anilines is 1. The molecule has 0 aromatic carbocycles. The zero-order valence-electron chi connectivity index (χ0n) is 14.6. The molecule has 6 heteroatoms. The highest BCUT2D eigenvalue weighted by Crippen LogP contribution is 2.23. The zero-order valence-corrected chi connectivity index (χ0v) is 14.6. The summed E-state index contributed by atoms with van der Waals surface area (Å²) < 4.78 is 3.87. The molecule has 0 radical (unpaired) electrons. The summed E-state index contributed by atoms with van der Waals surface area (Å²) in [6.45, 7) is 12.6. The molecular formula is C17H24N6. The minimum Gasteiger partial charge on any atom is -0.376 e. The quantitative estimate of drug-likeness (QED) is 0.804. The van der Waals surface area contributed by atoms with Gasteiger partial charge in [-0.3, -0.25) is 4.68 Å². The molecule has 23 heavy (non-hydrogen) atoms. The van der Waals surface area contributed by atoms with Crippen LogP contribution in [0.3, 0.4) is 0 Å². The largest absolute Gasteiger partial charge is 0.376 e. The van der Waals surface area contributed by atoms with E-state index in [0.717, 1.165) is 28.3 Å². The molecule has 1 N–H and O–H groups in total. The Labute approximate surface area is 136 Å². The Morgan fingerprint density at radius 3 is 2.57 bits per heavy atom. The number of aryl methyl sites for hydroxylation is 2. The number of hydrogen-bond donors (Lipinski definition) is 1. The van der Waals surface area contributed by atoms with Crippen LogP contribution in [-0.2, 0) is 5.54 Å². The number of hydrogen-bond acceptors (Lipinski definition) is 4. The van der Waals surface area contributed by atoms with Crippen LogP contribution in [0.1, 0.15) is 50.7 Å². The van der Waals surface area contributed by atoms with Gasteiger partial charge in [0.15, 0.2) is 5.65 Å². The van der Waals surface area contributed by atoms with E-state index in [-0.39, 0.29) is 11.6 Å². The molecular weight excluding hydrogens is 288 g/mol. The lowest BCUT2D eigenvalue weighted by molar-refractivity contribution is 0.355. The van der Waals surface area contributed by atoms with E-state index in [9.17, 15) is 0 Å². The van der Waals surface area contributed by atoms with Crippen LogP contribution in [-0.4, -0.2) is 24.4 Å². The lowest BCUT2D eigenvalue weighted by atomic mass is 10.1. The Morgan fingerprint density at radius 1 is 1.17 bits per heavy atom. The maximum absolute atomic E-state index is 4.51. The molecule has 122 valence electrons. The van der Waals surface area contributed by atoms with Gasteiger partial charge in [0, 0.05) is 29.7 Å². The highest BCUT2D eigenvalue weighted by Gasteiger charge is 2.17. The van der Waals surface area contributed by atoms with Crippen molar-refractivity contribution in [2.45, 2.75) is 53.1 Å². The SMILES string of the molecule is Cc1cc2ncc(C(C)Nc3cnn(C(C)(C)C)c3)c(C)n2n1. The summed E-state index contributed by atoms with van der Waals surface area (Å²) in [5.74, 6) is 0. The summed E-state index contributed by atoms with van der Waals surface area (Å²) in [6.07, 6.45) is 5.83. The standard InChI is InChI=1S/C17H24N6/c1-11-7-16-18-9-15(13(3)23(16)21-11)12(2)20-14-8-19-22(10-14)17(4,5)6/h7-10,12,20H,1-6H3. The number of nitrogens with zero attached hydrogens (tertiary/aromatic N) is 5. The van der Waals surface area contributed by atoms with E-state index >= 15 is 0 Å². The summed E-state index contributed by atoms with van der Waals surface area (Å²) in [5, 5.41) is 12.4. The summed E-state index contributed by atoms with van der Waals surface area (Å²) >= 11 is 0. The predicted molar refractivity (Wildman–Crippen MR) is 91.7 cm³/mol. The molecule has 1 unspecified atom stereocenters. The maximum atomic E-state index is 4.51. The van der Waals surface area contributed by atoms with Gasteiger partial charge in [0.05, 0.1) is 29.2 Å². The number of nitrogens with one attached hydrogen (secondary N) is 1. The number of rotatable bonds is 3. The molecule has 1 atom stereocenters. The maximum Gasteiger partial charge on any atom is 0.155 e. The van der Waals surface area contributed by atoms with Crippen molar-refractivity contribution in [3.8, 4) is 0 Å². The molecule has 0 saturated carbocycles. The van der Waals surface area contributed by atoms with E-state index in [1.165, 1.54) is 0 Å². The average Bonchev–Trinajstić information content (AvgIpc) is 3.04. The van der Waals surface area contributed by atoms with Crippen molar-refractivity contribution in [1.82, 2.24) is 24.4 Å². The van der Waals surface area contributed by atoms with E-state index in [1.54, 1.807) is 0 Å². The van der Waals surface area contributed by atoms with Gasteiger partial charge in [-0.15, -0.1) is 0 Å². The molecule has 6 nitrogen and oxygen atoms in total. The predicted octanol–water partition coefficient (Wildman–Crippen LogP) is 3.47. The van der Waals surface area contributed by atoms with Gasteiger partial charge in [0.25, 0.3) is 0 Å². The van der Waals surface area contributed by atoms with Gasteiger partial charge >= 0.3 is 0 Å². The van der Waals surface area contributed by atoms with Crippen molar-refractivity contribution in [2.75, 3.05) is 5.32 Å². The van der Waals surface area contributed by atoms with Crippen molar-refractivity contribution in [1.29, 1.82) is 0 Å². The first-order valence-electron chi connectivity index (χ1n) is 7.89. The van der Waals surface area contributed by atoms with Crippen LogP contribution in [0.25, 0.3) is 5.65 Å². The molecule has 0 saturated heterocycles. The highest BCUT2D eigenvalue weighted by molar-refractivity contribution is 5.45. The molecule has 0 aliphatic rings. The van der Waals surface area contributed by atoms with Gasteiger partial charge in [0.1, 0.15) is 0 Å². The second-order valence-electron chi connectivity index (χ2n) is 7.07. The summed E-state index contributed by atoms with van der Waals surface area (Å²) in [7, 11) is 0. The molecule has 0 aliphatic heterocycles. The van der Waals surface area contributed by atoms with Crippen LogP contribution in [0.5, 0.6) is 0 Å². The van der Waals surface area contributed by atoms with Crippen LogP contribution in [0, 0.1) is 13.8 Å². The smallest absolute Gasteiger partial charge is 0.155 e. The van der Waals surface area contributed by atoms with E-state index in [0.29, 0.717) is 0 Å². The Balaban J connectivity index is 1.87. The molecule has 3 heterocycles. The van der Waals surface area contributed by atoms with Crippen LogP contribution < -0.4 is 5.32 Å². The molecule has 3 aromatic rings. The van der Waals surface area contributed by atoms with Gasteiger partial charge in [-0.1, -0.05) is 0 Å². The molecule has 0 spiro atoms. The van der Waals surface area contributed by atoms with Gasteiger partial charge in [0.2, 0.25) is 0 Å². The van der Waals surface area contributed by atoms with Crippen LogP contribution in [0.2, 0.25) is 0 Å². The Morgan fingerprint density at radius 2 is 1.91 bits per heavy atom. The van der Waals surface area contributed by atoms with Crippen LogP contribution >= 0.6 is 0 Å². The van der Waals surface area contributed by atoms with E-state index in [2.05, 4.69) is 55.1 Å². The summed E-state index contributed by atoms with van der Waals surface area (Å²) in [6, 6.07) is 2.11. The van der Waals surface area contributed by atoms with Gasteiger partial charge in [-0.25, -0.2) is 9.50 Å². The van der Waals surface area contributed by atoms with E-state index in [1.807, 2.05) is 40.8 Å². The first-order chi connectivity index (χ1) is 10.8. The Hall–Kier alpha value is -2.37. The fourth-order valence-corrected chi connectivity index (χ4v) is 2.69. The molecule has 3 aromatic heterocycles. The van der Waals surface area contributed by atoms with Gasteiger partial charge in [-0.2, -0.15) is 10.2 Å². The monoisotopic (exact) mass is 312 g/mol. The number of fused-ring (bicyclic) bond motifs is 1. The van der Waals surface area contributed by atoms with E-state index in [4.69, 9.17) is 0 Å². The minimum atomic E-state index is -0.0217. The second-order valence-corrected chi connectivity index (χ2v) is 7.07. The zero-order chi connectivity index (χ0) is 16.8. The Kier molecular flexibility index (Phi) is 3.62. The molecule has 0 fully saturated rings. The van der Waals surface area contributed by atoms with Gasteiger partial charge in [-0.05, 0) is 41.5 Å². The van der Waals surface area contributed by atoms with Crippen molar-refractivity contribution in [3.63, 3.8) is 0 Å². The lowest BCUT2D eigenvalue weighted by Crippen LogP contribution is -2.22. The summed E-state index contributed by atoms with van der Waals surface area (Å²) in [4.78, 5) is 4.51. The van der Waals surface area contributed by atoms with Gasteiger partial charge < -0.3 is 5.32 Å². The first kappa shape index (κ1) is 15.5. The molecule has 0 bridgehead atoms. The fourth-order valence-electron chi connectivity index (χ4n) is 2.69. The lowest BCUT2D eigenvalue weighted by Gasteiger charge is -2.19. The Bertz CT molecular complexity index is 837.